The lowest BCUT2D eigenvalue weighted by molar-refractivity contribution is 0.311. The highest BCUT2D eigenvalue weighted by molar-refractivity contribution is 7.80. The molecule has 0 heterocycles. The zero-order chi connectivity index (χ0) is 18.9. The van der Waals surface area contributed by atoms with E-state index in [0.29, 0.717) is 0 Å². The molecule has 140 valence electrons. The van der Waals surface area contributed by atoms with Gasteiger partial charge in [0, 0.05) is 5.30 Å². The van der Waals surface area contributed by atoms with Crippen molar-refractivity contribution in [3.63, 3.8) is 0 Å². The van der Waals surface area contributed by atoms with Crippen LogP contribution in [0.3, 0.4) is 0 Å². The maximum atomic E-state index is 6.13. The van der Waals surface area contributed by atoms with E-state index in [1.807, 2.05) is 6.07 Å². The Morgan fingerprint density at radius 1 is 0.667 bits per heavy atom. The summed E-state index contributed by atoms with van der Waals surface area (Å²) in [4.78, 5) is 0. The van der Waals surface area contributed by atoms with Crippen LogP contribution in [0.2, 0.25) is 0 Å². The van der Waals surface area contributed by atoms with E-state index in [9.17, 15) is 0 Å². The first-order valence-electron chi connectivity index (χ1n) is 9.63. The fourth-order valence-electron chi connectivity index (χ4n) is 2.90. The van der Waals surface area contributed by atoms with Crippen molar-refractivity contribution in [1.29, 1.82) is 0 Å². The van der Waals surface area contributed by atoms with Crippen molar-refractivity contribution >= 4 is 23.8 Å². The summed E-state index contributed by atoms with van der Waals surface area (Å²) in [6, 6.07) is 27.7. The number of ether oxygens (including phenoxy) is 2. The van der Waals surface area contributed by atoms with E-state index in [-0.39, 0.29) is 0 Å². The molecular formula is C24H27O2P. The first kappa shape index (κ1) is 19.5. The van der Waals surface area contributed by atoms with Crippen LogP contribution in [0.4, 0.5) is 0 Å². The Morgan fingerprint density at radius 2 is 1.22 bits per heavy atom. The molecular weight excluding hydrogens is 351 g/mol. The van der Waals surface area contributed by atoms with Gasteiger partial charge in [-0.05, 0) is 49.6 Å². The topological polar surface area (TPSA) is 18.5 Å². The van der Waals surface area contributed by atoms with Crippen LogP contribution in [-0.4, -0.2) is 13.2 Å². The van der Waals surface area contributed by atoms with Gasteiger partial charge in [0.25, 0.3) is 0 Å². The third-order valence-corrected chi connectivity index (χ3v) is 6.60. The molecule has 0 unspecified atom stereocenters. The monoisotopic (exact) mass is 378 g/mol. The first-order chi connectivity index (χ1) is 13.3. The smallest absolute Gasteiger partial charge is 0.127 e. The summed E-state index contributed by atoms with van der Waals surface area (Å²) in [6.45, 7) is 5.70. The second kappa shape index (κ2) is 10.1. The van der Waals surface area contributed by atoms with Gasteiger partial charge >= 0.3 is 0 Å². The molecule has 3 rings (SSSR count). The Morgan fingerprint density at radius 3 is 1.78 bits per heavy atom. The van der Waals surface area contributed by atoms with Gasteiger partial charge in [0.1, 0.15) is 11.5 Å². The number of rotatable bonds is 9. The molecule has 0 saturated carbocycles. The minimum Gasteiger partial charge on any atom is -0.494 e. The SMILES string of the molecule is CCCOc1ccc(OCCC)c(P(c2ccccc2)c2ccccc2)c1. The van der Waals surface area contributed by atoms with E-state index in [2.05, 4.69) is 86.6 Å². The molecule has 0 spiro atoms. The van der Waals surface area contributed by atoms with Crippen molar-refractivity contribution in [3.8, 4) is 11.5 Å². The Labute approximate surface area is 163 Å². The minimum absolute atomic E-state index is 0.717. The average Bonchev–Trinajstić information content (AvgIpc) is 2.73. The highest BCUT2D eigenvalue weighted by Crippen LogP contribution is 2.38. The molecule has 0 saturated heterocycles. The van der Waals surface area contributed by atoms with Crippen molar-refractivity contribution in [2.45, 2.75) is 26.7 Å². The summed E-state index contributed by atoms with van der Waals surface area (Å²) in [5, 5.41) is 3.84. The first-order valence-corrected chi connectivity index (χ1v) is 11.0. The molecule has 0 N–H and O–H groups in total. The van der Waals surface area contributed by atoms with Crippen LogP contribution in [-0.2, 0) is 0 Å². The highest BCUT2D eigenvalue weighted by Gasteiger charge is 2.21. The molecule has 27 heavy (non-hydrogen) atoms. The number of benzene rings is 3. The number of hydrogen-bond acceptors (Lipinski definition) is 2. The van der Waals surface area contributed by atoms with E-state index >= 15 is 0 Å². The summed E-state index contributed by atoms with van der Waals surface area (Å²) < 4.78 is 12.1. The third kappa shape index (κ3) is 5.11. The van der Waals surface area contributed by atoms with Crippen molar-refractivity contribution in [2.75, 3.05) is 13.2 Å². The van der Waals surface area contributed by atoms with Gasteiger partial charge in [0.15, 0.2) is 0 Å². The van der Waals surface area contributed by atoms with Gasteiger partial charge < -0.3 is 9.47 Å². The second-order valence-corrected chi connectivity index (χ2v) is 8.52. The lowest BCUT2D eigenvalue weighted by Gasteiger charge is -2.23. The van der Waals surface area contributed by atoms with Crippen LogP contribution in [0.15, 0.2) is 78.9 Å². The molecule has 0 radical (unpaired) electrons. The predicted octanol–water partition coefficient (Wildman–Crippen LogP) is 5.02. The zero-order valence-electron chi connectivity index (χ0n) is 16.1. The zero-order valence-corrected chi connectivity index (χ0v) is 17.0. The average molecular weight is 378 g/mol. The molecule has 3 aromatic carbocycles. The maximum absolute atomic E-state index is 6.13. The Bertz CT molecular complexity index is 779. The second-order valence-electron chi connectivity index (χ2n) is 6.33. The Kier molecular flexibility index (Phi) is 7.30. The standard InChI is InChI=1S/C24H27O2P/c1-3-17-25-20-15-16-23(26-18-4-2)24(19-20)27(21-11-7-5-8-12-21)22-13-9-6-10-14-22/h5-16,19H,3-4,17-18H2,1-2H3. The predicted molar refractivity (Wildman–Crippen MR) is 117 cm³/mol. The summed E-state index contributed by atoms with van der Waals surface area (Å²) >= 11 is 0. The van der Waals surface area contributed by atoms with Gasteiger partial charge in [-0.25, -0.2) is 0 Å². The van der Waals surface area contributed by atoms with Crippen molar-refractivity contribution < 1.29 is 9.47 Å². The molecule has 3 aromatic rings. The van der Waals surface area contributed by atoms with E-state index in [1.54, 1.807) is 0 Å². The van der Waals surface area contributed by atoms with Crippen LogP contribution < -0.4 is 25.4 Å². The molecule has 3 heteroatoms. The maximum Gasteiger partial charge on any atom is 0.127 e. The van der Waals surface area contributed by atoms with Crippen LogP contribution in [0.1, 0.15) is 26.7 Å². The van der Waals surface area contributed by atoms with E-state index in [4.69, 9.17) is 9.47 Å². The van der Waals surface area contributed by atoms with Gasteiger partial charge in [-0.15, -0.1) is 0 Å². The quantitative estimate of drug-likeness (QED) is 0.487. The third-order valence-electron chi connectivity index (χ3n) is 4.13. The molecule has 0 aromatic heterocycles. The van der Waals surface area contributed by atoms with Crippen LogP contribution >= 0.6 is 7.92 Å². The molecule has 0 amide bonds. The Balaban J connectivity index is 2.11. The van der Waals surface area contributed by atoms with Gasteiger partial charge in [0.2, 0.25) is 0 Å². The van der Waals surface area contributed by atoms with Gasteiger partial charge in [-0.3, -0.25) is 0 Å². The summed E-state index contributed by atoms with van der Waals surface area (Å²) in [5.41, 5.74) is 0. The molecule has 0 bridgehead atoms. The van der Waals surface area contributed by atoms with Gasteiger partial charge in [-0.1, -0.05) is 74.5 Å². The van der Waals surface area contributed by atoms with Crippen LogP contribution in [0, 0.1) is 0 Å². The van der Waals surface area contributed by atoms with E-state index in [0.717, 1.165) is 37.6 Å². The molecule has 0 aliphatic heterocycles. The largest absolute Gasteiger partial charge is 0.494 e. The van der Waals surface area contributed by atoms with Crippen molar-refractivity contribution in [1.82, 2.24) is 0 Å². The molecule has 0 fully saturated rings. The summed E-state index contributed by atoms with van der Waals surface area (Å²) in [7, 11) is -0.720. The van der Waals surface area contributed by atoms with Crippen molar-refractivity contribution in [2.24, 2.45) is 0 Å². The summed E-state index contributed by atoms with van der Waals surface area (Å²) in [5.74, 6) is 1.87. The van der Waals surface area contributed by atoms with Gasteiger partial charge in [-0.2, -0.15) is 0 Å². The number of hydrogen-bond donors (Lipinski definition) is 0. The molecule has 0 atom stereocenters. The minimum atomic E-state index is -0.720. The highest BCUT2D eigenvalue weighted by atomic mass is 31.1. The molecule has 2 nitrogen and oxygen atoms in total. The fourth-order valence-corrected chi connectivity index (χ4v) is 5.31. The van der Waals surface area contributed by atoms with Crippen molar-refractivity contribution in [3.05, 3.63) is 78.9 Å². The molecule has 0 aliphatic carbocycles. The fraction of sp³-hybridized carbons (Fsp3) is 0.250. The lowest BCUT2D eigenvalue weighted by atomic mass is 10.3. The molecule has 0 aliphatic rings. The normalized spacial score (nSPS) is 10.8. The Hall–Kier alpha value is -2.31. The van der Waals surface area contributed by atoms with Crippen LogP contribution in [0.25, 0.3) is 0 Å². The van der Waals surface area contributed by atoms with E-state index in [1.165, 1.54) is 15.9 Å². The van der Waals surface area contributed by atoms with Crippen LogP contribution in [0.5, 0.6) is 11.5 Å². The lowest BCUT2D eigenvalue weighted by Crippen LogP contribution is -2.22. The van der Waals surface area contributed by atoms with E-state index < -0.39 is 7.92 Å². The summed E-state index contributed by atoms with van der Waals surface area (Å²) in [6.07, 6.45) is 1.98. The van der Waals surface area contributed by atoms with Gasteiger partial charge in [0.05, 0.1) is 13.2 Å².